The van der Waals surface area contributed by atoms with Crippen LogP contribution in [0.5, 0.6) is 0 Å². The van der Waals surface area contributed by atoms with E-state index in [1.54, 1.807) is 50.9 Å². The molecule has 8 heterocycles. The van der Waals surface area contributed by atoms with Crippen molar-refractivity contribution in [1.29, 1.82) is 0 Å². The van der Waals surface area contributed by atoms with Gasteiger partial charge in [-0.3, -0.25) is 38.1 Å². The molecule has 1 atom stereocenters. The van der Waals surface area contributed by atoms with Crippen molar-refractivity contribution in [3.8, 4) is 11.1 Å². The summed E-state index contributed by atoms with van der Waals surface area (Å²) in [6.07, 6.45) is 12.1. The van der Waals surface area contributed by atoms with Crippen LogP contribution in [0, 0.1) is 5.82 Å². The third-order valence-electron chi connectivity index (χ3n) is 17.9. The molecular formula is C63H77FN18O8. The first kappa shape index (κ1) is 62.1. The number of anilines is 3. The second-order valence-corrected chi connectivity index (χ2v) is 23.8. The molecule has 3 aromatic carbocycles. The van der Waals surface area contributed by atoms with E-state index >= 15 is 4.39 Å². The summed E-state index contributed by atoms with van der Waals surface area (Å²) in [6.45, 7) is 5.20. The number of nitrogens with one attached hydrogen (secondary N) is 3. The fourth-order valence-electron chi connectivity index (χ4n) is 12.8. The number of urea groups is 1. The van der Waals surface area contributed by atoms with Gasteiger partial charge in [-0.15, -0.1) is 5.10 Å². The summed E-state index contributed by atoms with van der Waals surface area (Å²) in [5.74, 6) is -1.12. The van der Waals surface area contributed by atoms with Crippen LogP contribution in [0.15, 0.2) is 73.2 Å². The second-order valence-electron chi connectivity index (χ2n) is 23.8. The molecule has 27 heteroatoms. The predicted molar refractivity (Wildman–Crippen MR) is 331 cm³/mol. The molecule has 7 aromatic rings. The molecule has 4 fully saturated rings. The van der Waals surface area contributed by atoms with Crippen LogP contribution in [0.2, 0.25) is 0 Å². The number of methoxy groups -OCH3 is 1. The molecular weight excluding hydrogens is 1160 g/mol. The molecule has 0 aliphatic carbocycles. The number of benzene rings is 3. The van der Waals surface area contributed by atoms with Crippen LogP contribution in [-0.2, 0) is 55.4 Å². The lowest BCUT2D eigenvalue weighted by Gasteiger charge is -2.37. The SMILES string of the molecule is COC(=O)Cn1cc(CNC(=O)Cn2nc(C3CCN(C(=O)CCC(=O)NCCCCCC(=O)N4CCC(c5ccc(Nc6nc(N7CCC[C@@H](N8CCN(C)C8=O)C7)cnc6C(N)=O)cc5)CC4)CC3)c3c(-c4cc5c(cnn5C)cc4F)cccc32)nn1. The number of amides is 7. The van der Waals surface area contributed by atoms with Crippen LogP contribution in [0.25, 0.3) is 32.9 Å². The van der Waals surface area contributed by atoms with Gasteiger partial charge in [0.1, 0.15) is 30.4 Å². The molecule has 4 aliphatic rings. The molecule has 11 rings (SSSR count). The van der Waals surface area contributed by atoms with Crippen LogP contribution in [-0.4, -0.2) is 185 Å². The number of ether oxygens (including phenoxy) is 1. The summed E-state index contributed by atoms with van der Waals surface area (Å²) in [6, 6.07) is 16.9. The van der Waals surface area contributed by atoms with Gasteiger partial charge in [0.2, 0.25) is 23.6 Å². The number of piperidine rings is 3. The number of primary amides is 1. The highest BCUT2D eigenvalue weighted by atomic mass is 19.1. The van der Waals surface area contributed by atoms with Gasteiger partial charge < -0.3 is 50.9 Å². The summed E-state index contributed by atoms with van der Waals surface area (Å²) in [4.78, 5) is 109. The lowest BCUT2D eigenvalue weighted by atomic mass is 9.88. The average molecular weight is 1230 g/mol. The van der Waals surface area contributed by atoms with E-state index in [9.17, 15) is 33.6 Å². The van der Waals surface area contributed by atoms with Crippen LogP contribution in [0.3, 0.4) is 0 Å². The first-order chi connectivity index (χ1) is 43.6. The van der Waals surface area contributed by atoms with Gasteiger partial charge in [-0.1, -0.05) is 35.9 Å². The maximum Gasteiger partial charge on any atom is 0.327 e. The molecule has 26 nitrogen and oxygen atoms in total. The largest absolute Gasteiger partial charge is 0.468 e. The Morgan fingerprint density at radius 1 is 0.767 bits per heavy atom. The minimum atomic E-state index is -0.691. The monoisotopic (exact) mass is 1230 g/mol. The average Bonchev–Trinajstić information content (AvgIpc) is 1.82. The minimum Gasteiger partial charge on any atom is -0.468 e. The molecule has 5 N–H and O–H groups in total. The van der Waals surface area contributed by atoms with E-state index in [1.165, 1.54) is 17.9 Å². The molecule has 4 saturated heterocycles. The number of rotatable bonds is 23. The van der Waals surface area contributed by atoms with Gasteiger partial charge in [-0.2, -0.15) is 10.2 Å². The number of halogens is 1. The Morgan fingerprint density at radius 2 is 1.52 bits per heavy atom. The molecule has 90 heavy (non-hydrogen) atoms. The fraction of sp³-hybridized carbons (Fsp3) is 0.476. The van der Waals surface area contributed by atoms with Crippen molar-refractivity contribution in [2.24, 2.45) is 12.8 Å². The highest BCUT2D eigenvalue weighted by Gasteiger charge is 2.36. The number of unbranched alkanes of at least 4 members (excludes halogenated alkanes) is 2. The maximum absolute atomic E-state index is 16.1. The number of carbonyl (C=O) groups is 7. The lowest BCUT2D eigenvalue weighted by molar-refractivity contribution is -0.141. The van der Waals surface area contributed by atoms with Gasteiger partial charge >= 0.3 is 12.0 Å². The standard InChI is InChI=1S/C63H77FN18O8/c1-75-29-30-81(63(75)89)46-9-8-24-79(37-46)52-35-68-60(61(65)88)62(71-52)70-44-15-13-40(14-16-44)41-19-25-77(26-20-41)55(85)12-5-4-6-23-66-53(83)17-18-56(86)78-27-21-42(22-28-78)59-58-47(48-32-51-43(31-49(48)64)33-69-76(51)2)10-7-11-50(58)82(73-59)38-54(84)67-34-45-36-80(74-72-45)39-57(87)90-3/h7,10-11,13-16,31-33,35-36,41-42,46H,4-6,8-9,12,17-30,34,37-39H2,1-3H3,(H2,65,88)(H,66,83)(H,67,84)(H,70,71)/t46-/m1/s1. The highest BCUT2D eigenvalue weighted by molar-refractivity contribution is 6.00. The quantitative estimate of drug-likeness (QED) is 0.0464. The Hall–Kier alpha value is -9.56. The van der Waals surface area contributed by atoms with E-state index in [-0.39, 0.29) is 91.5 Å². The lowest BCUT2D eigenvalue weighted by Crippen LogP contribution is -2.49. The van der Waals surface area contributed by atoms with Crippen molar-refractivity contribution in [2.45, 2.75) is 115 Å². The Kier molecular flexibility index (Phi) is 19.2. The van der Waals surface area contributed by atoms with Gasteiger partial charge in [0.15, 0.2) is 11.5 Å². The third kappa shape index (κ3) is 14.3. The molecule has 0 bridgehead atoms. The Labute approximate surface area is 519 Å². The number of nitrogens with two attached hydrogens (primary N) is 1. The topological polar surface area (TPSA) is 299 Å². The van der Waals surface area contributed by atoms with Crippen molar-refractivity contribution < 1.29 is 42.7 Å². The molecule has 0 spiro atoms. The van der Waals surface area contributed by atoms with Crippen molar-refractivity contribution in [2.75, 3.05) is 83.3 Å². The highest BCUT2D eigenvalue weighted by Crippen LogP contribution is 2.40. The summed E-state index contributed by atoms with van der Waals surface area (Å²) in [5.41, 5.74) is 11.2. The first-order valence-electron chi connectivity index (χ1n) is 31.0. The van der Waals surface area contributed by atoms with Crippen molar-refractivity contribution in [3.05, 3.63) is 102 Å². The third-order valence-corrected chi connectivity index (χ3v) is 17.9. The smallest absolute Gasteiger partial charge is 0.327 e. The zero-order valence-electron chi connectivity index (χ0n) is 51.1. The van der Waals surface area contributed by atoms with Crippen LogP contribution in [0.4, 0.5) is 26.5 Å². The van der Waals surface area contributed by atoms with E-state index < -0.39 is 17.7 Å². The number of esters is 1. The summed E-state index contributed by atoms with van der Waals surface area (Å²) in [7, 11) is 4.90. The number of aromatic nitrogens is 9. The van der Waals surface area contributed by atoms with Crippen molar-refractivity contribution in [3.63, 3.8) is 0 Å². The van der Waals surface area contributed by atoms with Crippen molar-refractivity contribution >= 4 is 80.7 Å². The van der Waals surface area contributed by atoms with Crippen LogP contribution >= 0.6 is 0 Å². The van der Waals surface area contributed by atoms with Crippen molar-refractivity contribution in [1.82, 2.24) is 74.8 Å². The van der Waals surface area contributed by atoms with Gasteiger partial charge in [0, 0.05) is 120 Å². The van der Waals surface area contributed by atoms with E-state index in [4.69, 9.17) is 20.6 Å². The minimum absolute atomic E-state index is 0.0391. The normalized spacial score (nSPS) is 16.7. The maximum atomic E-state index is 16.1. The fourth-order valence-corrected chi connectivity index (χ4v) is 12.8. The number of nitrogens with zero attached hydrogens (tertiary/aromatic N) is 14. The molecule has 7 amide bonds. The van der Waals surface area contributed by atoms with E-state index in [0.717, 1.165) is 55.4 Å². The molecule has 0 radical (unpaired) electrons. The van der Waals surface area contributed by atoms with Gasteiger partial charge in [0.25, 0.3) is 5.91 Å². The zero-order chi connectivity index (χ0) is 63.0. The summed E-state index contributed by atoms with van der Waals surface area (Å²) in [5, 5.41) is 27.7. The van der Waals surface area contributed by atoms with E-state index in [1.807, 2.05) is 47.2 Å². The predicted octanol–water partition coefficient (Wildman–Crippen LogP) is 5.35. The second kappa shape index (κ2) is 27.9. The Balaban J connectivity index is 0.601. The number of carbonyl (C=O) groups excluding carboxylic acids is 7. The first-order valence-corrected chi connectivity index (χ1v) is 31.0. The van der Waals surface area contributed by atoms with Gasteiger partial charge in [0.05, 0.1) is 55.0 Å². The number of hydrogen-bond donors (Lipinski definition) is 4. The zero-order valence-corrected chi connectivity index (χ0v) is 51.1. The Bertz CT molecular complexity index is 3790. The Morgan fingerprint density at radius 3 is 2.26 bits per heavy atom. The summed E-state index contributed by atoms with van der Waals surface area (Å²) >= 11 is 0. The number of likely N-dealkylation sites (tertiary alicyclic amines) is 2. The number of hydrogen-bond acceptors (Lipinski definition) is 16. The molecule has 4 aliphatic heterocycles. The van der Waals surface area contributed by atoms with Crippen LogP contribution < -0.4 is 26.6 Å². The molecule has 474 valence electrons. The van der Waals surface area contributed by atoms with Gasteiger partial charge in [-0.25, -0.2) is 23.8 Å². The number of aryl methyl sites for hydroxylation is 1. The van der Waals surface area contributed by atoms with Gasteiger partial charge in [-0.05, 0) is 98.7 Å². The summed E-state index contributed by atoms with van der Waals surface area (Å²) < 4.78 is 25.4. The van der Waals surface area contributed by atoms with E-state index in [2.05, 4.69) is 53.4 Å². The van der Waals surface area contributed by atoms with Crippen LogP contribution in [0.1, 0.15) is 116 Å². The number of fused-ring (bicyclic) bond motifs is 2. The molecule has 0 unspecified atom stereocenters. The molecule has 4 aromatic heterocycles. The molecule has 0 saturated carbocycles. The number of likely N-dealkylation sites (N-methyl/N-ethyl adjacent to an activating group) is 1. The van der Waals surface area contributed by atoms with E-state index in [0.29, 0.717) is 129 Å².